The van der Waals surface area contributed by atoms with Crippen LogP contribution in [0.25, 0.3) is 0 Å². The molecule has 1 saturated heterocycles. The molecule has 1 aromatic rings. The fraction of sp³-hybridized carbons (Fsp3) is 0.533. The molecule has 1 fully saturated rings. The van der Waals surface area contributed by atoms with Crippen molar-refractivity contribution >= 4 is 5.91 Å². The Morgan fingerprint density at radius 1 is 1.38 bits per heavy atom. The lowest BCUT2D eigenvalue weighted by Gasteiger charge is -2.24. The van der Waals surface area contributed by atoms with E-state index in [0.717, 1.165) is 12.5 Å². The lowest BCUT2D eigenvalue weighted by Crippen LogP contribution is -2.34. The predicted octanol–water partition coefficient (Wildman–Crippen LogP) is 2.21. The van der Waals surface area contributed by atoms with Crippen LogP contribution >= 0.6 is 0 Å². The van der Waals surface area contributed by atoms with E-state index in [9.17, 15) is 13.6 Å². The Balaban J connectivity index is 2.27. The average Bonchev–Trinajstić information content (AvgIpc) is 2.74. The number of benzene rings is 1. The molecule has 116 valence electrons. The van der Waals surface area contributed by atoms with Gasteiger partial charge in [-0.25, -0.2) is 8.78 Å². The van der Waals surface area contributed by atoms with Crippen LogP contribution in [0.3, 0.4) is 0 Å². The van der Waals surface area contributed by atoms with Crippen molar-refractivity contribution < 1.29 is 18.3 Å². The molecule has 4 nitrogen and oxygen atoms in total. The first kappa shape index (κ1) is 15.9. The van der Waals surface area contributed by atoms with Crippen molar-refractivity contribution in [2.75, 3.05) is 20.3 Å². The molecule has 0 aliphatic carbocycles. The molecule has 1 aliphatic rings. The molecule has 1 heterocycles. The Labute approximate surface area is 123 Å². The number of carbonyl (C=O) groups excluding carboxylic acids is 1. The van der Waals surface area contributed by atoms with E-state index >= 15 is 0 Å². The van der Waals surface area contributed by atoms with Crippen LogP contribution in [0.4, 0.5) is 8.78 Å². The van der Waals surface area contributed by atoms with Gasteiger partial charge in [-0.3, -0.25) is 10.1 Å². The van der Waals surface area contributed by atoms with E-state index in [2.05, 4.69) is 5.32 Å². The van der Waals surface area contributed by atoms with Crippen LogP contribution in [-0.4, -0.2) is 37.1 Å². The van der Waals surface area contributed by atoms with Gasteiger partial charge in [0.15, 0.2) is 0 Å². The number of ether oxygens (including phenoxy) is 1. The Hall–Kier alpha value is -1.53. The van der Waals surface area contributed by atoms with Crippen molar-refractivity contribution in [3.05, 3.63) is 35.4 Å². The van der Waals surface area contributed by atoms with E-state index in [0.29, 0.717) is 19.6 Å². The maximum atomic E-state index is 14.0. The molecule has 2 unspecified atom stereocenters. The number of nitrogens with zero attached hydrogens (tertiary/aromatic N) is 1. The third-order valence-corrected chi connectivity index (χ3v) is 3.62. The Morgan fingerprint density at radius 2 is 2.14 bits per heavy atom. The summed E-state index contributed by atoms with van der Waals surface area (Å²) < 4.78 is 32.0. The first-order chi connectivity index (χ1) is 10.1. The molecule has 1 aromatic carbocycles. The number of nitrogens with one attached hydrogen (secondary N) is 1. The molecule has 1 N–H and O–H groups in total. The van der Waals surface area contributed by atoms with Gasteiger partial charge in [-0.15, -0.1) is 0 Å². The van der Waals surface area contributed by atoms with Gasteiger partial charge in [-0.2, -0.15) is 0 Å². The number of rotatable bonds is 6. The fourth-order valence-corrected chi connectivity index (χ4v) is 2.58. The summed E-state index contributed by atoms with van der Waals surface area (Å²) in [6.45, 7) is 2.72. The predicted molar refractivity (Wildman–Crippen MR) is 74.5 cm³/mol. The zero-order chi connectivity index (χ0) is 15.4. The maximum absolute atomic E-state index is 14.0. The molecule has 0 bridgehead atoms. The number of methoxy groups -OCH3 is 1. The third-order valence-electron chi connectivity index (χ3n) is 3.62. The quantitative estimate of drug-likeness (QED) is 0.875. The largest absolute Gasteiger partial charge is 0.383 e. The van der Waals surface area contributed by atoms with E-state index in [1.54, 1.807) is 12.0 Å². The number of hydrogen-bond acceptors (Lipinski definition) is 3. The summed E-state index contributed by atoms with van der Waals surface area (Å²) in [7, 11) is 1.55. The molecule has 0 aromatic heterocycles. The summed E-state index contributed by atoms with van der Waals surface area (Å²) in [4.78, 5) is 13.9. The highest BCUT2D eigenvalue weighted by Gasteiger charge is 2.39. The molecular formula is C15H20F2N2O2. The van der Waals surface area contributed by atoms with E-state index in [1.807, 2.05) is 6.92 Å². The summed E-state index contributed by atoms with van der Waals surface area (Å²) in [6.07, 6.45) is 0.951. The van der Waals surface area contributed by atoms with Crippen molar-refractivity contribution in [2.45, 2.75) is 32.0 Å². The molecule has 1 amide bonds. The van der Waals surface area contributed by atoms with Crippen molar-refractivity contribution in [1.29, 1.82) is 0 Å². The monoisotopic (exact) mass is 298 g/mol. The highest BCUT2D eigenvalue weighted by Crippen LogP contribution is 2.28. The van der Waals surface area contributed by atoms with Crippen molar-refractivity contribution in [3.8, 4) is 0 Å². The summed E-state index contributed by atoms with van der Waals surface area (Å²) in [5, 5.41) is 3.14. The van der Waals surface area contributed by atoms with Gasteiger partial charge in [-0.1, -0.05) is 13.3 Å². The lowest BCUT2D eigenvalue weighted by molar-refractivity contribution is -0.130. The minimum atomic E-state index is -0.653. The van der Waals surface area contributed by atoms with Crippen LogP contribution in [0.15, 0.2) is 18.2 Å². The average molecular weight is 298 g/mol. The van der Waals surface area contributed by atoms with Crippen LogP contribution in [-0.2, 0) is 9.53 Å². The number of amides is 1. The molecule has 21 heavy (non-hydrogen) atoms. The third kappa shape index (κ3) is 3.39. The normalized spacial score (nSPS) is 22.1. The zero-order valence-electron chi connectivity index (χ0n) is 12.2. The van der Waals surface area contributed by atoms with Gasteiger partial charge in [0, 0.05) is 25.3 Å². The van der Waals surface area contributed by atoms with Crippen molar-refractivity contribution in [2.24, 2.45) is 0 Å². The second-order valence-electron chi connectivity index (χ2n) is 5.10. The number of halogens is 2. The van der Waals surface area contributed by atoms with Crippen LogP contribution in [0, 0.1) is 11.6 Å². The van der Waals surface area contributed by atoms with Crippen molar-refractivity contribution in [1.82, 2.24) is 10.2 Å². The van der Waals surface area contributed by atoms with Gasteiger partial charge < -0.3 is 9.64 Å². The summed E-state index contributed by atoms with van der Waals surface area (Å²) in [6, 6.07) is 3.08. The zero-order valence-corrected chi connectivity index (χ0v) is 12.2. The Bertz CT molecular complexity index is 510. The molecule has 0 radical (unpaired) electrons. The first-order valence-corrected chi connectivity index (χ1v) is 7.09. The van der Waals surface area contributed by atoms with Gasteiger partial charge in [0.1, 0.15) is 17.8 Å². The van der Waals surface area contributed by atoms with Crippen LogP contribution in [0.5, 0.6) is 0 Å². The van der Waals surface area contributed by atoms with Crippen LogP contribution in [0.2, 0.25) is 0 Å². The molecule has 2 rings (SSSR count). The van der Waals surface area contributed by atoms with E-state index < -0.39 is 17.8 Å². The smallest absolute Gasteiger partial charge is 0.241 e. The molecule has 2 atom stereocenters. The minimum Gasteiger partial charge on any atom is -0.383 e. The summed E-state index contributed by atoms with van der Waals surface area (Å²) in [5.41, 5.74) is 0.277. The van der Waals surface area contributed by atoms with Crippen molar-refractivity contribution in [3.63, 3.8) is 0 Å². The highest BCUT2D eigenvalue weighted by molar-refractivity contribution is 5.84. The van der Waals surface area contributed by atoms with Gasteiger partial charge in [0.25, 0.3) is 0 Å². The van der Waals surface area contributed by atoms with Crippen LogP contribution in [0.1, 0.15) is 31.5 Å². The van der Waals surface area contributed by atoms with Gasteiger partial charge in [-0.05, 0) is 18.6 Å². The van der Waals surface area contributed by atoms with E-state index in [-0.39, 0.29) is 17.5 Å². The minimum absolute atomic E-state index is 0.0670. The van der Waals surface area contributed by atoms with E-state index in [4.69, 9.17) is 4.74 Å². The Morgan fingerprint density at radius 3 is 2.76 bits per heavy atom. The Kier molecular flexibility index (Phi) is 5.25. The molecule has 0 saturated carbocycles. The highest BCUT2D eigenvalue weighted by atomic mass is 19.1. The summed E-state index contributed by atoms with van der Waals surface area (Å²) >= 11 is 0. The second-order valence-corrected chi connectivity index (χ2v) is 5.10. The topological polar surface area (TPSA) is 41.6 Å². The SMILES string of the molecule is CCCC1NC(c2ccc(F)cc2F)N(CCOC)C1=O. The maximum Gasteiger partial charge on any atom is 0.241 e. The first-order valence-electron chi connectivity index (χ1n) is 7.09. The summed E-state index contributed by atoms with van der Waals surface area (Å²) in [5.74, 6) is -1.35. The molecule has 6 heteroatoms. The van der Waals surface area contributed by atoms with Crippen LogP contribution < -0.4 is 5.32 Å². The molecule has 1 aliphatic heterocycles. The second kappa shape index (κ2) is 6.95. The van der Waals surface area contributed by atoms with E-state index in [1.165, 1.54) is 12.1 Å². The number of carbonyl (C=O) groups is 1. The molecular weight excluding hydrogens is 278 g/mol. The number of hydrogen-bond donors (Lipinski definition) is 1. The van der Waals surface area contributed by atoms with Gasteiger partial charge in [0.05, 0.1) is 12.6 Å². The van der Waals surface area contributed by atoms with Gasteiger partial charge >= 0.3 is 0 Å². The molecule has 0 spiro atoms. The lowest BCUT2D eigenvalue weighted by atomic mass is 10.1. The standard InChI is InChI=1S/C15H20F2N2O2/c1-3-4-13-15(20)19(7-8-21-2)14(18-13)11-6-5-10(16)9-12(11)17/h5-6,9,13-14,18H,3-4,7-8H2,1-2H3. The van der Waals surface area contributed by atoms with Gasteiger partial charge in [0.2, 0.25) is 5.91 Å². The fourth-order valence-electron chi connectivity index (χ4n) is 2.58.